The van der Waals surface area contributed by atoms with Crippen LogP contribution in [0.25, 0.3) is 0 Å². The van der Waals surface area contributed by atoms with Gasteiger partial charge < -0.3 is 0 Å². The highest BCUT2D eigenvalue weighted by atomic mass is 16.1. The molecule has 0 aromatic heterocycles. The number of hydrogen-bond donors (Lipinski definition) is 0. The molecule has 0 aromatic rings. The molecule has 0 bridgehead atoms. The van der Waals surface area contributed by atoms with Gasteiger partial charge in [0.05, 0.1) is 0 Å². The summed E-state index contributed by atoms with van der Waals surface area (Å²) in [6, 6.07) is 0. The number of rotatable bonds is 15. The van der Waals surface area contributed by atoms with Gasteiger partial charge in [0.1, 0.15) is 5.78 Å². The molecule has 124 valence electrons. The molecule has 0 saturated heterocycles. The smallest absolute Gasteiger partial charge is 0.132 e. The van der Waals surface area contributed by atoms with Gasteiger partial charge in [-0.3, -0.25) is 4.79 Å². The van der Waals surface area contributed by atoms with E-state index in [2.05, 4.69) is 19.1 Å². The van der Waals surface area contributed by atoms with E-state index in [0.717, 1.165) is 6.42 Å². The molecule has 0 radical (unpaired) electrons. The van der Waals surface area contributed by atoms with Crippen molar-refractivity contribution in [2.75, 3.05) is 0 Å². The average molecular weight is 295 g/mol. The Morgan fingerprint density at radius 1 is 0.810 bits per heavy atom. The number of carbonyl (C=O) groups is 1. The molecule has 0 fully saturated rings. The lowest BCUT2D eigenvalue weighted by molar-refractivity contribution is -0.120. The van der Waals surface area contributed by atoms with E-state index < -0.39 is 0 Å². The molecular weight excluding hydrogens is 256 g/mol. The fraction of sp³-hybridized carbons (Fsp3) is 0.850. The maximum Gasteiger partial charge on any atom is 0.132 e. The molecule has 1 heteroatoms. The zero-order chi connectivity index (χ0) is 15.8. The summed E-state index contributed by atoms with van der Waals surface area (Å²) in [4.78, 5) is 11.1. The summed E-state index contributed by atoms with van der Waals surface area (Å²) in [6.07, 6.45) is 21.8. The van der Waals surface area contributed by atoms with Gasteiger partial charge in [-0.25, -0.2) is 0 Å². The first kappa shape index (κ1) is 20.4. The Labute approximate surface area is 133 Å². The Kier molecular flexibility index (Phi) is 15.3. The molecule has 1 atom stereocenters. The lowest BCUT2D eigenvalue weighted by Gasteiger charge is -2.06. The number of hydrogen-bond acceptors (Lipinski definition) is 1. The Morgan fingerprint density at radius 2 is 1.29 bits per heavy atom. The predicted molar refractivity (Wildman–Crippen MR) is 94.7 cm³/mol. The quantitative estimate of drug-likeness (QED) is 0.238. The normalized spacial score (nSPS) is 12.9. The summed E-state index contributed by atoms with van der Waals surface area (Å²) >= 11 is 0. The largest absolute Gasteiger partial charge is 0.300 e. The topological polar surface area (TPSA) is 17.1 Å². The lowest BCUT2D eigenvalue weighted by atomic mass is 9.99. The maximum absolute atomic E-state index is 11.1. The zero-order valence-corrected chi connectivity index (χ0v) is 14.8. The number of carbonyl (C=O) groups excluding carboxylic acids is 1. The van der Waals surface area contributed by atoms with Crippen LogP contribution in [0.2, 0.25) is 0 Å². The Hall–Kier alpha value is -0.590. The van der Waals surface area contributed by atoms with Crippen LogP contribution in [-0.4, -0.2) is 5.78 Å². The third-order valence-corrected chi connectivity index (χ3v) is 4.34. The van der Waals surface area contributed by atoms with Gasteiger partial charge in [0.2, 0.25) is 0 Å². The molecule has 1 unspecified atom stereocenters. The Morgan fingerprint density at radius 3 is 1.81 bits per heavy atom. The lowest BCUT2D eigenvalue weighted by Crippen LogP contribution is -2.05. The first-order valence-electron chi connectivity index (χ1n) is 9.34. The summed E-state index contributed by atoms with van der Waals surface area (Å²) in [6.45, 7) is 6.03. The molecule has 0 aromatic carbocycles. The molecule has 0 heterocycles. The minimum absolute atomic E-state index is 0.266. The summed E-state index contributed by atoms with van der Waals surface area (Å²) in [7, 11) is 0. The third-order valence-electron chi connectivity index (χ3n) is 4.34. The van der Waals surface area contributed by atoms with Gasteiger partial charge in [-0.05, 0) is 39.0 Å². The van der Waals surface area contributed by atoms with Crippen molar-refractivity contribution in [2.24, 2.45) is 5.92 Å². The summed E-state index contributed by atoms with van der Waals surface area (Å²) in [5, 5.41) is 0. The SMILES string of the molecule is CCCCCCCC/C=C\CCCCCCC(C)C(C)=O. The number of unbranched alkanes of at least 4 members (excludes halogenated alkanes) is 10. The summed E-state index contributed by atoms with van der Waals surface area (Å²) < 4.78 is 0. The number of Topliss-reactive ketones (excluding diaryl/α,β-unsaturated/α-hetero) is 1. The van der Waals surface area contributed by atoms with Crippen molar-refractivity contribution in [1.29, 1.82) is 0 Å². The van der Waals surface area contributed by atoms with Crippen LogP contribution in [0.4, 0.5) is 0 Å². The van der Waals surface area contributed by atoms with Gasteiger partial charge >= 0.3 is 0 Å². The highest BCUT2D eigenvalue weighted by Crippen LogP contribution is 2.12. The number of ketones is 1. The van der Waals surface area contributed by atoms with Gasteiger partial charge in [-0.15, -0.1) is 0 Å². The molecule has 0 saturated carbocycles. The number of allylic oxidation sites excluding steroid dienone is 2. The molecule has 0 spiro atoms. The van der Waals surface area contributed by atoms with Gasteiger partial charge in [-0.1, -0.05) is 77.4 Å². The molecule has 0 rings (SSSR count). The van der Waals surface area contributed by atoms with Crippen molar-refractivity contribution in [3.05, 3.63) is 12.2 Å². The van der Waals surface area contributed by atoms with Crippen LogP contribution in [-0.2, 0) is 4.79 Å². The van der Waals surface area contributed by atoms with E-state index in [-0.39, 0.29) is 5.92 Å². The average Bonchev–Trinajstić information content (AvgIpc) is 2.47. The van der Waals surface area contributed by atoms with Crippen LogP contribution in [0.15, 0.2) is 12.2 Å². The van der Waals surface area contributed by atoms with E-state index in [1.165, 1.54) is 77.0 Å². The molecular formula is C20H38O. The zero-order valence-electron chi connectivity index (χ0n) is 14.8. The van der Waals surface area contributed by atoms with Crippen LogP contribution >= 0.6 is 0 Å². The van der Waals surface area contributed by atoms with Crippen LogP contribution in [0.5, 0.6) is 0 Å². The van der Waals surface area contributed by atoms with Gasteiger partial charge in [0, 0.05) is 5.92 Å². The van der Waals surface area contributed by atoms with E-state index in [4.69, 9.17) is 0 Å². The van der Waals surface area contributed by atoms with E-state index in [1.54, 1.807) is 6.92 Å². The highest BCUT2D eigenvalue weighted by molar-refractivity contribution is 5.77. The van der Waals surface area contributed by atoms with Crippen LogP contribution in [0.3, 0.4) is 0 Å². The van der Waals surface area contributed by atoms with E-state index >= 15 is 0 Å². The minimum Gasteiger partial charge on any atom is -0.300 e. The third kappa shape index (κ3) is 15.6. The second kappa shape index (κ2) is 15.8. The molecule has 0 aliphatic heterocycles. The fourth-order valence-corrected chi connectivity index (χ4v) is 2.55. The molecule has 1 nitrogen and oxygen atoms in total. The molecule has 0 aliphatic carbocycles. The van der Waals surface area contributed by atoms with Gasteiger partial charge in [-0.2, -0.15) is 0 Å². The van der Waals surface area contributed by atoms with Crippen molar-refractivity contribution >= 4 is 5.78 Å². The highest BCUT2D eigenvalue weighted by Gasteiger charge is 2.05. The van der Waals surface area contributed by atoms with Crippen LogP contribution < -0.4 is 0 Å². The van der Waals surface area contributed by atoms with Crippen molar-refractivity contribution < 1.29 is 4.79 Å². The Balaban J connectivity index is 3.17. The standard InChI is InChI=1S/C20H38O/c1-4-5-6-7-8-9-10-11-12-13-14-15-16-17-18-19(2)20(3)21/h11-12,19H,4-10,13-18H2,1-3H3/b12-11-. The first-order chi connectivity index (χ1) is 10.2. The van der Waals surface area contributed by atoms with Crippen LogP contribution in [0.1, 0.15) is 104 Å². The molecule has 0 aliphatic rings. The monoisotopic (exact) mass is 294 g/mol. The Bertz CT molecular complexity index is 255. The van der Waals surface area contributed by atoms with Crippen molar-refractivity contribution in [3.63, 3.8) is 0 Å². The maximum atomic E-state index is 11.1. The molecule has 21 heavy (non-hydrogen) atoms. The van der Waals surface area contributed by atoms with Gasteiger partial charge in [0.25, 0.3) is 0 Å². The first-order valence-corrected chi connectivity index (χ1v) is 9.34. The molecule has 0 amide bonds. The predicted octanol–water partition coefficient (Wildman–Crippen LogP) is 6.86. The minimum atomic E-state index is 0.266. The van der Waals surface area contributed by atoms with E-state index in [0.29, 0.717) is 5.78 Å². The second-order valence-electron chi connectivity index (χ2n) is 6.53. The van der Waals surface area contributed by atoms with E-state index in [1.807, 2.05) is 6.92 Å². The van der Waals surface area contributed by atoms with E-state index in [9.17, 15) is 4.79 Å². The van der Waals surface area contributed by atoms with Gasteiger partial charge in [0.15, 0.2) is 0 Å². The van der Waals surface area contributed by atoms with Crippen molar-refractivity contribution in [2.45, 2.75) is 104 Å². The summed E-state index contributed by atoms with van der Waals surface area (Å²) in [5.41, 5.74) is 0. The fourth-order valence-electron chi connectivity index (χ4n) is 2.55. The second-order valence-corrected chi connectivity index (χ2v) is 6.53. The summed E-state index contributed by atoms with van der Waals surface area (Å²) in [5.74, 6) is 0.606. The molecule has 0 N–H and O–H groups in total. The van der Waals surface area contributed by atoms with Crippen molar-refractivity contribution in [1.82, 2.24) is 0 Å². The van der Waals surface area contributed by atoms with Crippen molar-refractivity contribution in [3.8, 4) is 0 Å². The van der Waals surface area contributed by atoms with Crippen LogP contribution in [0, 0.1) is 5.92 Å².